The largest absolute Gasteiger partial charge is 0.477 e. The van der Waals surface area contributed by atoms with Crippen molar-refractivity contribution in [2.24, 2.45) is 0 Å². The summed E-state index contributed by atoms with van der Waals surface area (Å²) in [5.74, 6) is -1.21. The van der Waals surface area contributed by atoms with Gasteiger partial charge in [-0.3, -0.25) is 4.79 Å². The summed E-state index contributed by atoms with van der Waals surface area (Å²) in [5, 5.41) is 9.41. The molecule has 0 bridgehead atoms. The maximum absolute atomic E-state index is 12.2. The van der Waals surface area contributed by atoms with Crippen LogP contribution >= 0.6 is 0 Å². The van der Waals surface area contributed by atoms with Gasteiger partial charge in [-0.1, -0.05) is 6.07 Å². The lowest BCUT2D eigenvalue weighted by molar-refractivity contribution is 0.0695. The molecule has 5 heteroatoms. The number of nitrogens with two attached hydrogens (primary N) is 1. The molecule has 1 aliphatic rings. The van der Waals surface area contributed by atoms with Gasteiger partial charge in [0.15, 0.2) is 0 Å². The monoisotopic (exact) mass is 244 g/mol. The molecule has 2 heterocycles. The molecule has 0 aliphatic carbocycles. The lowest BCUT2D eigenvalue weighted by Crippen LogP contribution is -2.22. The molecule has 1 aliphatic heterocycles. The third kappa shape index (κ3) is 1.33. The predicted octanol–water partition coefficient (Wildman–Crippen LogP) is 1.23. The minimum Gasteiger partial charge on any atom is -0.477 e. The predicted molar refractivity (Wildman–Crippen MR) is 67.9 cm³/mol. The van der Waals surface area contributed by atoms with Crippen molar-refractivity contribution in [2.45, 2.75) is 19.4 Å². The van der Waals surface area contributed by atoms with Gasteiger partial charge in [0.2, 0.25) is 5.43 Å². The second-order valence-electron chi connectivity index (χ2n) is 4.51. The molecule has 0 saturated heterocycles. The number of aromatic nitrogens is 1. The van der Waals surface area contributed by atoms with Gasteiger partial charge in [-0.15, -0.1) is 0 Å². The Kier molecular flexibility index (Phi) is 2.16. The smallest absolute Gasteiger partial charge is 0.341 e. The molecule has 2 aromatic rings. The Balaban J connectivity index is 2.56. The van der Waals surface area contributed by atoms with Crippen molar-refractivity contribution in [1.82, 2.24) is 4.57 Å². The fraction of sp³-hybridized carbons (Fsp3) is 0.231. The van der Waals surface area contributed by atoms with Crippen LogP contribution in [0.2, 0.25) is 0 Å². The molecule has 5 nitrogen and oxygen atoms in total. The van der Waals surface area contributed by atoms with Crippen molar-refractivity contribution in [3.05, 3.63) is 39.7 Å². The van der Waals surface area contributed by atoms with E-state index in [1.54, 1.807) is 6.07 Å². The summed E-state index contributed by atoms with van der Waals surface area (Å²) < 4.78 is 1.83. The number of benzene rings is 1. The van der Waals surface area contributed by atoms with E-state index in [1.807, 2.05) is 10.6 Å². The van der Waals surface area contributed by atoms with E-state index in [-0.39, 0.29) is 5.56 Å². The molecule has 0 amide bonds. The van der Waals surface area contributed by atoms with Crippen molar-refractivity contribution in [3.63, 3.8) is 0 Å². The number of carboxylic acid groups (broad SMARTS) is 1. The average Bonchev–Trinajstić information content (AvgIpc) is 2.35. The number of hydrogen-bond donors (Lipinski definition) is 2. The van der Waals surface area contributed by atoms with Gasteiger partial charge in [-0.2, -0.15) is 0 Å². The SMILES string of the molecule is Nc1ccc2c3c1c(=O)c(C(=O)O)cn3CCC2. The van der Waals surface area contributed by atoms with Crippen LogP contribution in [0.3, 0.4) is 0 Å². The zero-order chi connectivity index (χ0) is 12.9. The third-order valence-corrected chi connectivity index (χ3v) is 3.41. The van der Waals surface area contributed by atoms with E-state index in [9.17, 15) is 9.59 Å². The van der Waals surface area contributed by atoms with Gasteiger partial charge < -0.3 is 15.4 Å². The Morgan fingerprint density at radius 3 is 2.89 bits per heavy atom. The first-order chi connectivity index (χ1) is 8.59. The average molecular weight is 244 g/mol. The zero-order valence-corrected chi connectivity index (χ0v) is 9.64. The summed E-state index contributed by atoms with van der Waals surface area (Å²) in [4.78, 5) is 23.3. The minimum atomic E-state index is -1.21. The van der Waals surface area contributed by atoms with Crippen molar-refractivity contribution < 1.29 is 9.90 Å². The number of nitrogen functional groups attached to an aromatic ring is 1. The Hall–Kier alpha value is -2.30. The topological polar surface area (TPSA) is 85.3 Å². The molecule has 3 rings (SSSR count). The number of anilines is 1. The Labute approximate surface area is 102 Å². The lowest BCUT2D eigenvalue weighted by atomic mass is 9.98. The molecule has 3 N–H and O–H groups in total. The number of nitrogens with zero attached hydrogens (tertiary/aromatic N) is 1. The highest BCUT2D eigenvalue weighted by atomic mass is 16.4. The molecular formula is C13H12N2O3. The molecule has 0 atom stereocenters. The van der Waals surface area contributed by atoms with Crippen molar-refractivity contribution in [2.75, 3.05) is 5.73 Å². The van der Waals surface area contributed by atoms with E-state index in [2.05, 4.69) is 0 Å². The van der Waals surface area contributed by atoms with Gasteiger partial charge >= 0.3 is 5.97 Å². The first-order valence-corrected chi connectivity index (χ1v) is 5.77. The standard InChI is InChI=1S/C13H12N2O3/c14-9-4-3-7-2-1-5-15-6-8(13(17)18)12(16)10(9)11(7)15/h3-4,6H,1-2,5,14H2,(H,17,18). The van der Waals surface area contributed by atoms with Gasteiger partial charge in [-0.05, 0) is 24.5 Å². The quantitative estimate of drug-likeness (QED) is 0.739. The van der Waals surface area contributed by atoms with Crippen molar-refractivity contribution >= 4 is 22.6 Å². The summed E-state index contributed by atoms with van der Waals surface area (Å²) >= 11 is 0. The van der Waals surface area contributed by atoms with Crippen LogP contribution in [-0.2, 0) is 13.0 Å². The molecule has 0 fully saturated rings. The first kappa shape index (κ1) is 10.8. The van der Waals surface area contributed by atoms with Gasteiger partial charge in [0.25, 0.3) is 0 Å². The van der Waals surface area contributed by atoms with Crippen LogP contribution in [-0.4, -0.2) is 15.6 Å². The first-order valence-electron chi connectivity index (χ1n) is 5.77. The lowest BCUT2D eigenvalue weighted by Gasteiger charge is -2.21. The molecule has 0 radical (unpaired) electrons. The van der Waals surface area contributed by atoms with E-state index >= 15 is 0 Å². The summed E-state index contributed by atoms with van der Waals surface area (Å²) in [6.07, 6.45) is 3.26. The number of rotatable bonds is 1. The van der Waals surface area contributed by atoms with Crippen LogP contribution in [0, 0.1) is 0 Å². The van der Waals surface area contributed by atoms with E-state index in [0.717, 1.165) is 23.9 Å². The van der Waals surface area contributed by atoms with Crippen LogP contribution < -0.4 is 11.2 Å². The van der Waals surface area contributed by atoms with Gasteiger partial charge in [0.1, 0.15) is 5.56 Å². The Morgan fingerprint density at radius 1 is 1.39 bits per heavy atom. The number of carbonyl (C=O) groups is 1. The third-order valence-electron chi connectivity index (χ3n) is 3.41. The Bertz CT molecular complexity index is 731. The molecule has 1 aromatic heterocycles. The molecule has 92 valence electrons. The number of aromatic carboxylic acids is 1. The maximum Gasteiger partial charge on any atom is 0.341 e. The fourth-order valence-electron chi connectivity index (χ4n) is 2.60. The molecule has 18 heavy (non-hydrogen) atoms. The molecular weight excluding hydrogens is 232 g/mol. The van der Waals surface area contributed by atoms with Crippen molar-refractivity contribution in [1.29, 1.82) is 0 Å². The second-order valence-corrected chi connectivity index (χ2v) is 4.51. The fourth-order valence-corrected chi connectivity index (χ4v) is 2.60. The summed E-state index contributed by atoms with van der Waals surface area (Å²) in [5.41, 5.74) is 7.32. The van der Waals surface area contributed by atoms with E-state index < -0.39 is 11.4 Å². The van der Waals surface area contributed by atoms with Crippen LogP contribution in [0.1, 0.15) is 22.3 Å². The van der Waals surface area contributed by atoms with E-state index in [1.165, 1.54) is 6.20 Å². The number of hydrogen-bond acceptors (Lipinski definition) is 3. The van der Waals surface area contributed by atoms with Crippen LogP contribution in [0.15, 0.2) is 23.1 Å². The maximum atomic E-state index is 12.2. The number of pyridine rings is 1. The Morgan fingerprint density at radius 2 is 2.17 bits per heavy atom. The van der Waals surface area contributed by atoms with Gasteiger partial charge in [0.05, 0.1) is 10.9 Å². The highest BCUT2D eigenvalue weighted by molar-refractivity contribution is 5.98. The van der Waals surface area contributed by atoms with E-state index in [4.69, 9.17) is 10.8 Å². The molecule has 0 unspecified atom stereocenters. The summed E-state index contributed by atoms with van der Waals surface area (Å²) in [6, 6.07) is 3.59. The second kappa shape index (κ2) is 3.60. The number of aryl methyl sites for hydroxylation is 2. The van der Waals surface area contributed by atoms with E-state index in [0.29, 0.717) is 17.6 Å². The highest BCUT2D eigenvalue weighted by Crippen LogP contribution is 2.27. The zero-order valence-electron chi connectivity index (χ0n) is 9.64. The number of carboxylic acids is 1. The normalized spacial score (nSPS) is 13.8. The molecule has 0 spiro atoms. The highest BCUT2D eigenvalue weighted by Gasteiger charge is 2.20. The molecule has 0 saturated carbocycles. The van der Waals surface area contributed by atoms with Crippen LogP contribution in [0.25, 0.3) is 10.9 Å². The van der Waals surface area contributed by atoms with Crippen LogP contribution in [0.5, 0.6) is 0 Å². The van der Waals surface area contributed by atoms with Crippen molar-refractivity contribution in [3.8, 4) is 0 Å². The summed E-state index contributed by atoms with van der Waals surface area (Å²) in [7, 11) is 0. The minimum absolute atomic E-state index is 0.215. The summed E-state index contributed by atoms with van der Waals surface area (Å²) in [6.45, 7) is 0.716. The van der Waals surface area contributed by atoms with Gasteiger partial charge in [0, 0.05) is 18.4 Å². The molecule has 1 aromatic carbocycles. The van der Waals surface area contributed by atoms with Gasteiger partial charge in [-0.25, -0.2) is 4.79 Å². The van der Waals surface area contributed by atoms with Crippen LogP contribution in [0.4, 0.5) is 5.69 Å².